The number of sulfone groups is 1. The van der Waals surface area contributed by atoms with E-state index in [1.165, 1.54) is 12.3 Å². The zero-order chi connectivity index (χ0) is 16.5. The van der Waals surface area contributed by atoms with E-state index in [2.05, 4.69) is 9.97 Å². The summed E-state index contributed by atoms with van der Waals surface area (Å²) in [6.07, 6.45) is -1.92. The summed E-state index contributed by atoms with van der Waals surface area (Å²) in [6.45, 7) is 0. The molecule has 0 aliphatic heterocycles. The van der Waals surface area contributed by atoms with Crippen LogP contribution in [0, 0.1) is 0 Å². The molecular weight excluding hydrogens is 345 g/mol. The van der Waals surface area contributed by atoms with Gasteiger partial charge in [-0.05, 0) is 12.1 Å². The average Bonchev–Trinajstić information content (AvgIpc) is 2.39. The predicted molar refractivity (Wildman–Crippen MR) is 71.7 cm³/mol. The van der Waals surface area contributed by atoms with Gasteiger partial charge in [0.2, 0.25) is 5.88 Å². The van der Waals surface area contributed by atoms with Gasteiger partial charge in [-0.25, -0.2) is 18.4 Å². The Morgan fingerprint density at radius 3 is 2.41 bits per heavy atom. The summed E-state index contributed by atoms with van der Waals surface area (Å²) in [5, 5.41) is -0.733. The Bertz CT molecular complexity index is 795. The summed E-state index contributed by atoms with van der Waals surface area (Å²) >= 11 is 5.53. The van der Waals surface area contributed by atoms with Crippen LogP contribution in [0.2, 0.25) is 5.02 Å². The van der Waals surface area contributed by atoms with Crippen molar-refractivity contribution in [3.63, 3.8) is 0 Å². The van der Waals surface area contributed by atoms with E-state index in [1.54, 1.807) is 0 Å². The molecule has 0 fully saturated rings. The number of aromatic nitrogens is 2. The zero-order valence-electron chi connectivity index (χ0n) is 10.9. The molecule has 2 aromatic rings. The maximum absolute atomic E-state index is 13.1. The molecular formula is C12H8ClF3N2O3S. The van der Waals surface area contributed by atoms with Crippen LogP contribution >= 0.6 is 11.6 Å². The second kappa shape index (κ2) is 5.73. The summed E-state index contributed by atoms with van der Waals surface area (Å²) in [6, 6.07) is 3.22. The van der Waals surface area contributed by atoms with Gasteiger partial charge in [0.15, 0.2) is 9.84 Å². The second-order valence-electron chi connectivity index (χ2n) is 4.17. The Morgan fingerprint density at radius 1 is 1.23 bits per heavy atom. The van der Waals surface area contributed by atoms with Crippen LogP contribution in [0.3, 0.4) is 0 Å². The lowest BCUT2D eigenvalue weighted by Gasteiger charge is -2.17. The predicted octanol–water partition coefficient (Wildman–Crippen LogP) is 3.34. The fourth-order valence-electron chi connectivity index (χ4n) is 1.70. The Balaban J connectivity index is 2.70. The van der Waals surface area contributed by atoms with Crippen molar-refractivity contribution in [1.29, 1.82) is 0 Å². The fraction of sp³-hybridized carbons (Fsp3) is 0.167. The number of ether oxygens (including phenoxy) is 1. The first-order valence-electron chi connectivity index (χ1n) is 5.64. The van der Waals surface area contributed by atoms with Gasteiger partial charge in [-0.15, -0.1) is 0 Å². The van der Waals surface area contributed by atoms with E-state index in [4.69, 9.17) is 16.3 Å². The molecule has 22 heavy (non-hydrogen) atoms. The summed E-state index contributed by atoms with van der Waals surface area (Å²) in [5.74, 6) is -0.617. The van der Waals surface area contributed by atoms with Crippen LogP contribution in [0.5, 0.6) is 11.6 Å². The Labute approximate surface area is 128 Å². The van der Waals surface area contributed by atoms with Gasteiger partial charge in [-0.1, -0.05) is 11.6 Å². The summed E-state index contributed by atoms with van der Waals surface area (Å²) in [5.41, 5.74) is -1.47. The van der Waals surface area contributed by atoms with Crippen LogP contribution in [-0.4, -0.2) is 24.6 Å². The summed E-state index contributed by atoms with van der Waals surface area (Å²) in [7, 11) is -4.26. The van der Waals surface area contributed by atoms with E-state index in [0.29, 0.717) is 6.26 Å². The number of hydrogen-bond acceptors (Lipinski definition) is 5. The van der Waals surface area contributed by atoms with Gasteiger partial charge in [0.25, 0.3) is 0 Å². The first-order valence-corrected chi connectivity index (χ1v) is 7.91. The van der Waals surface area contributed by atoms with E-state index in [9.17, 15) is 21.6 Å². The number of halogens is 4. The van der Waals surface area contributed by atoms with E-state index >= 15 is 0 Å². The molecule has 5 nitrogen and oxygen atoms in total. The molecule has 0 N–H and O–H groups in total. The van der Waals surface area contributed by atoms with Crippen molar-refractivity contribution in [2.24, 2.45) is 0 Å². The number of alkyl halides is 3. The highest BCUT2D eigenvalue weighted by Gasteiger charge is 2.40. The highest BCUT2D eigenvalue weighted by atomic mass is 35.5. The lowest BCUT2D eigenvalue weighted by molar-refractivity contribution is -0.139. The molecule has 0 saturated heterocycles. The molecule has 2 rings (SSSR count). The van der Waals surface area contributed by atoms with Gasteiger partial charge in [-0.2, -0.15) is 13.2 Å². The summed E-state index contributed by atoms with van der Waals surface area (Å²) in [4.78, 5) is 6.25. The molecule has 0 amide bonds. The number of hydrogen-bond donors (Lipinski definition) is 0. The van der Waals surface area contributed by atoms with Crippen LogP contribution in [0.25, 0.3) is 0 Å². The molecule has 118 valence electrons. The zero-order valence-corrected chi connectivity index (χ0v) is 12.5. The Hall–Kier alpha value is -1.87. The van der Waals surface area contributed by atoms with E-state index in [0.717, 1.165) is 18.5 Å². The topological polar surface area (TPSA) is 69.2 Å². The third kappa shape index (κ3) is 3.47. The van der Waals surface area contributed by atoms with Gasteiger partial charge in [-0.3, -0.25) is 0 Å². The van der Waals surface area contributed by atoms with Crippen LogP contribution in [-0.2, 0) is 16.0 Å². The van der Waals surface area contributed by atoms with Crippen molar-refractivity contribution in [1.82, 2.24) is 9.97 Å². The van der Waals surface area contributed by atoms with Crippen molar-refractivity contribution in [3.05, 3.63) is 41.3 Å². The second-order valence-corrected chi connectivity index (χ2v) is 6.53. The maximum Gasteiger partial charge on any atom is 0.419 e. The standard InChI is InChI=1S/C12H8ClF3N2O3S/c1-22(19,20)11-8(21-9-4-5-17-6-18-9)3-2-7(13)10(11)12(14,15)16/h2-6H,1H3. The van der Waals surface area contributed by atoms with Gasteiger partial charge >= 0.3 is 6.18 Å². The SMILES string of the molecule is CS(=O)(=O)c1c(Oc2ccncn2)ccc(Cl)c1C(F)(F)F. The van der Waals surface area contributed by atoms with Crippen molar-refractivity contribution < 1.29 is 26.3 Å². The van der Waals surface area contributed by atoms with Crippen molar-refractivity contribution >= 4 is 21.4 Å². The third-order valence-corrected chi connectivity index (χ3v) is 3.96. The number of benzene rings is 1. The first-order chi connectivity index (χ1) is 10.1. The van der Waals surface area contributed by atoms with Crippen LogP contribution in [0.4, 0.5) is 13.2 Å². The smallest absolute Gasteiger partial charge is 0.419 e. The number of nitrogens with zero attached hydrogens (tertiary/aromatic N) is 2. The van der Waals surface area contributed by atoms with Gasteiger partial charge in [0.05, 0.1) is 10.6 Å². The van der Waals surface area contributed by atoms with Crippen molar-refractivity contribution in [2.45, 2.75) is 11.1 Å². The molecule has 0 saturated carbocycles. The normalized spacial score (nSPS) is 12.2. The molecule has 0 aliphatic rings. The molecule has 0 aliphatic carbocycles. The first kappa shape index (κ1) is 16.5. The number of rotatable bonds is 3. The molecule has 0 spiro atoms. The molecule has 0 atom stereocenters. The van der Waals surface area contributed by atoms with Crippen molar-refractivity contribution in [2.75, 3.05) is 6.26 Å². The lowest BCUT2D eigenvalue weighted by atomic mass is 10.2. The molecule has 0 bridgehead atoms. The fourth-order valence-corrected chi connectivity index (χ4v) is 3.10. The van der Waals surface area contributed by atoms with Crippen LogP contribution in [0.15, 0.2) is 35.6 Å². The van der Waals surface area contributed by atoms with Crippen LogP contribution in [0.1, 0.15) is 5.56 Å². The molecule has 0 unspecified atom stereocenters. The van der Waals surface area contributed by atoms with Crippen molar-refractivity contribution in [3.8, 4) is 11.6 Å². The molecule has 1 aromatic heterocycles. The van der Waals surface area contributed by atoms with Gasteiger partial charge in [0.1, 0.15) is 17.0 Å². The minimum atomic E-state index is -4.96. The maximum atomic E-state index is 13.1. The highest BCUT2D eigenvalue weighted by molar-refractivity contribution is 7.90. The van der Waals surface area contributed by atoms with E-state index < -0.39 is 37.2 Å². The minimum Gasteiger partial charge on any atom is -0.438 e. The average molecular weight is 353 g/mol. The molecule has 0 radical (unpaired) electrons. The molecule has 1 aromatic carbocycles. The van der Waals surface area contributed by atoms with E-state index in [1.807, 2.05) is 0 Å². The lowest BCUT2D eigenvalue weighted by Crippen LogP contribution is -2.14. The summed E-state index contributed by atoms with van der Waals surface area (Å²) < 4.78 is 68.1. The highest BCUT2D eigenvalue weighted by Crippen LogP contribution is 2.43. The third-order valence-electron chi connectivity index (χ3n) is 2.49. The Kier molecular flexibility index (Phi) is 4.30. The Morgan fingerprint density at radius 2 is 1.91 bits per heavy atom. The quantitative estimate of drug-likeness (QED) is 0.847. The molecule has 10 heteroatoms. The molecule has 1 heterocycles. The minimum absolute atomic E-state index is 0.102. The largest absolute Gasteiger partial charge is 0.438 e. The van der Waals surface area contributed by atoms with E-state index in [-0.39, 0.29) is 5.88 Å². The van der Waals surface area contributed by atoms with Gasteiger partial charge < -0.3 is 4.74 Å². The van der Waals surface area contributed by atoms with Gasteiger partial charge in [0, 0.05) is 18.5 Å². The van der Waals surface area contributed by atoms with Crippen LogP contribution < -0.4 is 4.74 Å². The monoisotopic (exact) mass is 352 g/mol.